The standard InChI is InChI=1S/C13H10F17NO4/c1-3(32)31(4(2)33)35-5(34)6(14,15)7(16,17)8(18,19)9(20,21)10(22,23)11(24,25)12(26,27)13(28,29)30/h3-4,32-33H,1-2H3. The molecule has 0 amide bonds. The van der Waals surface area contributed by atoms with Gasteiger partial charge in [-0.15, -0.1) is 0 Å². The Labute approximate surface area is 181 Å². The number of aliphatic hydroxyl groups excluding tert-OH is 2. The predicted molar refractivity (Wildman–Crippen MR) is 72.0 cm³/mol. The molecule has 0 aromatic carbocycles. The van der Waals surface area contributed by atoms with Crippen molar-refractivity contribution in [3.05, 3.63) is 0 Å². The molecule has 0 saturated heterocycles. The molecule has 0 aliphatic heterocycles. The number of carbonyl (C=O) groups excluding carboxylic acids is 1. The molecule has 0 spiro atoms. The highest BCUT2D eigenvalue weighted by Gasteiger charge is 2.96. The van der Waals surface area contributed by atoms with Gasteiger partial charge in [0.25, 0.3) is 0 Å². The zero-order chi connectivity index (χ0) is 29.0. The van der Waals surface area contributed by atoms with Crippen LogP contribution in [0.25, 0.3) is 0 Å². The third-order valence-electron chi connectivity index (χ3n) is 3.90. The third kappa shape index (κ3) is 4.67. The van der Waals surface area contributed by atoms with Crippen LogP contribution in [-0.4, -0.2) is 81.3 Å². The molecular formula is C13H10F17NO4. The lowest BCUT2D eigenvalue weighted by Crippen LogP contribution is -2.75. The number of hydroxylamine groups is 2. The van der Waals surface area contributed by atoms with Crippen LogP contribution in [0.3, 0.4) is 0 Å². The SMILES string of the molecule is CC(O)N(OC(=O)C(F)(F)C(F)(F)C(F)(F)C(F)(F)C(F)(F)C(F)(F)C(F)(F)C(F)(F)F)C(C)O. The fourth-order valence-corrected chi connectivity index (χ4v) is 1.91. The molecular weight excluding hydrogens is 557 g/mol. The van der Waals surface area contributed by atoms with Crippen LogP contribution in [0.4, 0.5) is 74.6 Å². The number of aliphatic hydroxyl groups is 2. The Bertz CT molecular complexity index is 768. The van der Waals surface area contributed by atoms with Crippen LogP contribution in [0.5, 0.6) is 0 Å². The lowest BCUT2D eigenvalue weighted by molar-refractivity contribution is -0.460. The predicted octanol–water partition coefficient (Wildman–Crippen LogP) is 4.43. The minimum absolute atomic E-state index is 0.419. The van der Waals surface area contributed by atoms with Crippen molar-refractivity contribution in [3.8, 4) is 0 Å². The topological polar surface area (TPSA) is 70.0 Å². The van der Waals surface area contributed by atoms with Gasteiger partial charge in [-0.05, 0) is 13.8 Å². The molecule has 2 atom stereocenters. The fraction of sp³-hybridized carbons (Fsp3) is 0.923. The van der Waals surface area contributed by atoms with Crippen molar-refractivity contribution >= 4 is 5.97 Å². The maximum absolute atomic E-state index is 13.6. The molecule has 0 heterocycles. The molecule has 0 aliphatic carbocycles. The number of nitrogens with zero attached hydrogens (tertiary/aromatic N) is 1. The number of carbonyl (C=O) groups is 1. The molecule has 0 radical (unpaired) electrons. The van der Waals surface area contributed by atoms with Gasteiger partial charge in [0.2, 0.25) is 0 Å². The van der Waals surface area contributed by atoms with Gasteiger partial charge >= 0.3 is 53.6 Å². The van der Waals surface area contributed by atoms with E-state index in [9.17, 15) is 79.4 Å². The number of hydrogen-bond acceptors (Lipinski definition) is 5. The fourth-order valence-electron chi connectivity index (χ4n) is 1.91. The molecule has 0 aromatic rings. The first-order chi connectivity index (χ1) is 14.9. The van der Waals surface area contributed by atoms with Crippen LogP contribution in [0.2, 0.25) is 0 Å². The molecule has 0 aromatic heterocycles. The van der Waals surface area contributed by atoms with Crippen molar-refractivity contribution in [3.63, 3.8) is 0 Å². The molecule has 0 rings (SSSR count). The summed E-state index contributed by atoms with van der Waals surface area (Å²) in [6.45, 7) is 0.838. The van der Waals surface area contributed by atoms with E-state index in [0.29, 0.717) is 13.8 Å². The van der Waals surface area contributed by atoms with Crippen LogP contribution < -0.4 is 0 Å². The van der Waals surface area contributed by atoms with E-state index >= 15 is 0 Å². The molecule has 210 valence electrons. The van der Waals surface area contributed by atoms with E-state index in [0.717, 1.165) is 0 Å². The van der Waals surface area contributed by atoms with E-state index in [1.165, 1.54) is 0 Å². The van der Waals surface area contributed by atoms with Gasteiger partial charge in [0.1, 0.15) is 12.5 Å². The zero-order valence-corrected chi connectivity index (χ0v) is 16.2. The van der Waals surface area contributed by atoms with Crippen LogP contribution in [-0.2, 0) is 9.63 Å². The molecule has 22 heteroatoms. The summed E-state index contributed by atoms with van der Waals surface area (Å²) in [5, 5.41) is 17.1. The second-order valence-electron chi connectivity index (χ2n) is 6.52. The summed E-state index contributed by atoms with van der Waals surface area (Å²) in [5.41, 5.74) is 0. The van der Waals surface area contributed by atoms with E-state index in [2.05, 4.69) is 4.84 Å². The van der Waals surface area contributed by atoms with Crippen molar-refractivity contribution in [2.45, 2.75) is 73.9 Å². The number of rotatable bonds is 10. The second-order valence-corrected chi connectivity index (χ2v) is 6.52. The van der Waals surface area contributed by atoms with Gasteiger partial charge in [0.05, 0.1) is 0 Å². The van der Waals surface area contributed by atoms with Gasteiger partial charge in [-0.3, -0.25) is 0 Å². The van der Waals surface area contributed by atoms with Crippen molar-refractivity contribution in [2.24, 2.45) is 0 Å². The van der Waals surface area contributed by atoms with E-state index in [-0.39, 0.29) is 0 Å². The highest BCUT2D eigenvalue weighted by atomic mass is 19.4. The maximum Gasteiger partial charge on any atom is 0.460 e. The normalized spacial score (nSPS) is 17.4. The molecule has 0 fully saturated rings. The molecule has 5 nitrogen and oxygen atoms in total. The first-order valence-electron chi connectivity index (χ1n) is 7.99. The van der Waals surface area contributed by atoms with E-state index in [4.69, 9.17) is 10.2 Å². The summed E-state index contributed by atoms with van der Waals surface area (Å²) >= 11 is 0. The minimum atomic E-state index is -8.85. The van der Waals surface area contributed by atoms with E-state index in [1.807, 2.05) is 0 Å². The summed E-state index contributed by atoms with van der Waals surface area (Å²) < 4.78 is 223. The van der Waals surface area contributed by atoms with Gasteiger partial charge in [0.15, 0.2) is 0 Å². The molecule has 0 bridgehead atoms. The molecule has 35 heavy (non-hydrogen) atoms. The Morgan fingerprint density at radius 2 is 0.829 bits per heavy atom. The maximum atomic E-state index is 13.6. The average Bonchev–Trinajstić information content (AvgIpc) is 2.63. The minimum Gasteiger partial charge on any atom is -0.375 e. The lowest BCUT2D eigenvalue weighted by atomic mass is 9.89. The van der Waals surface area contributed by atoms with Crippen molar-refractivity contribution in [1.29, 1.82) is 0 Å². The summed E-state index contributed by atoms with van der Waals surface area (Å²) in [6, 6.07) is 0. The summed E-state index contributed by atoms with van der Waals surface area (Å²) in [7, 11) is 0. The van der Waals surface area contributed by atoms with Crippen molar-refractivity contribution in [1.82, 2.24) is 5.06 Å². The van der Waals surface area contributed by atoms with E-state index in [1.54, 1.807) is 0 Å². The Morgan fingerprint density at radius 3 is 1.09 bits per heavy atom. The monoisotopic (exact) mass is 567 g/mol. The highest BCUT2D eigenvalue weighted by molar-refractivity contribution is 5.79. The third-order valence-corrected chi connectivity index (χ3v) is 3.90. The van der Waals surface area contributed by atoms with E-state index < -0.39 is 71.1 Å². The van der Waals surface area contributed by atoms with Gasteiger partial charge < -0.3 is 15.1 Å². The molecule has 0 aliphatic rings. The first-order valence-corrected chi connectivity index (χ1v) is 7.99. The number of halogens is 17. The Hall–Kier alpha value is -1.84. The van der Waals surface area contributed by atoms with Crippen LogP contribution in [0, 0.1) is 0 Å². The summed E-state index contributed by atoms with van der Waals surface area (Å²) in [6.07, 6.45) is -12.8. The molecule has 0 saturated carbocycles. The second kappa shape index (κ2) is 8.92. The largest absolute Gasteiger partial charge is 0.460 e. The molecule has 2 N–H and O–H groups in total. The summed E-state index contributed by atoms with van der Waals surface area (Å²) in [4.78, 5) is 14.3. The summed E-state index contributed by atoms with van der Waals surface area (Å²) in [5.74, 6) is -63.2. The Morgan fingerprint density at radius 1 is 0.571 bits per heavy atom. The Kier molecular flexibility index (Phi) is 8.45. The van der Waals surface area contributed by atoms with Crippen LogP contribution >= 0.6 is 0 Å². The first kappa shape index (κ1) is 33.2. The average molecular weight is 567 g/mol. The Balaban J connectivity index is 6.72. The number of alkyl halides is 17. The highest BCUT2D eigenvalue weighted by Crippen LogP contribution is 2.64. The van der Waals surface area contributed by atoms with Gasteiger partial charge in [0, 0.05) is 0 Å². The lowest BCUT2D eigenvalue weighted by Gasteiger charge is -2.42. The van der Waals surface area contributed by atoms with Crippen LogP contribution in [0.1, 0.15) is 13.8 Å². The smallest absolute Gasteiger partial charge is 0.375 e. The van der Waals surface area contributed by atoms with Gasteiger partial charge in [-0.2, -0.15) is 74.6 Å². The van der Waals surface area contributed by atoms with Gasteiger partial charge in [-0.1, -0.05) is 5.06 Å². The molecule has 2 unspecified atom stereocenters. The van der Waals surface area contributed by atoms with Crippen LogP contribution in [0.15, 0.2) is 0 Å². The number of hydrogen-bond donors (Lipinski definition) is 2. The van der Waals surface area contributed by atoms with Crippen molar-refractivity contribution < 1.29 is 94.5 Å². The van der Waals surface area contributed by atoms with Crippen molar-refractivity contribution in [2.75, 3.05) is 0 Å². The quantitative estimate of drug-likeness (QED) is 0.233. The zero-order valence-electron chi connectivity index (χ0n) is 16.2. The van der Waals surface area contributed by atoms with Gasteiger partial charge in [-0.25, -0.2) is 4.79 Å².